The first-order chi connectivity index (χ1) is 5.24. The van der Waals surface area contributed by atoms with Gasteiger partial charge in [0.15, 0.2) is 14.6 Å². The quantitative estimate of drug-likeness (QED) is 0.491. The van der Waals surface area contributed by atoms with Crippen molar-refractivity contribution >= 4 is 8.32 Å². The van der Waals surface area contributed by atoms with Gasteiger partial charge in [-0.2, -0.15) is 0 Å². The second kappa shape index (κ2) is 2.82. The highest BCUT2D eigenvalue weighted by Gasteiger charge is 2.46. The normalized spacial score (nSPS) is 30.5. The number of hydrogen-bond donors (Lipinski definition) is 0. The number of hydrogen-bond acceptors (Lipinski definition) is 2. The first kappa shape index (κ1) is 10.2. The van der Waals surface area contributed by atoms with Crippen molar-refractivity contribution in [2.24, 2.45) is 0 Å². The Labute approximate surface area is 76.4 Å². The van der Waals surface area contributed by atoms with Crippen LogP contribution in [0.4, 0.5) is 0 Å². The summed E-state index contributed by atoms with van der Waals surface area (Å²) in [7, 11) is -1.57. The molecule has 0 spiro atoms. The predicted molar refractivity (Wildman–Crippen MR) is 52.6 cm³/mol. The van der Waals surface area contributed by atoms with Crippen LogP contribution in [0, 0.1) is 0 Å². The van der Waals surface area contributed by atoms with Crippen LogP contribution in [0.2, 0.25) is 18.1 Å². The van der Waals surface area contributed by atoms with Crippen LogP contribution < -0.4 is 0 Å². The molecular weight excluding hydrogens is 168 g/mol. The fraction of sp³-hybridized carbons (Fsp3) is 1.00. The Bertz CT molecular complexity index is 172. The molecule has 0 aromatic rings. The maximum absolute atomic E-state index is 5.94. The summed E-state index contributed by atoms with van der Waals surface area (Å²) in [5, 5.41) is 0.290. The van der Waals surface area contributed by atoms with E-state index >= 15 is 0 Å². The van der Waals surface area contributed by atoms with E-state index in [1.807, 2.05) is 0 Å². The van der Waals surface area contributed by atoms with Crippen LogP contribution in [-0.2, 0) is 9.16 Å². The minimum Gasteiger partial charge on any atom is -0.390 e. The molecule has 72 valence electrons. The number of rotatable bonds is 2. The van der Waals surface area contributed by atoms with Gasteiger partial charge < -0.3 is 9.16 Å². The Kier molecular flexibility index (Phi) is 2.40. The van der Waals surface area contributed by atoms with Gasteiger partial charge in [-0.3, -0.25) is 0 Å². The summed E-state index contributed by atoms with van der Waals surface area (Å²) in [4.78, 5) is 0. The molecule has 0 amide bonds. The highest BCUT2D eigenvalue weighted by molar-refractivity contribution is 6.74. The molecule has 1 heterocycles. The lowest BCUT2D eigenvalue weighted by Gasteiger charge is -2.35. The highest BCUT2D eigenvalue weighted by atomic mass is 28.4. The minimum absolute atomic E-state index is 0.0888. The Balaban J connectivity index is 2.48. The lowest BCUT2D eigenvalue weighted by Crippen LogP contribution is -2.41. The minimum atomic E-state index is -1.57. The van der Waals surface area contributed by atoms with E-state index in [9.17, 15) is 0 Å². The highest BCUT2D eigenvalue weighted by Crippen LogP contribution is 2.40. The van der Waals surface area contributed by atoms with Gasteiger partial charge in [-0.25, -0.2) is 0 Å². The summed E-state index contributed by atoms with van der Waals surface area (Å²) in [5.74, 6) is 0. The summed E-state index contributed by atoms with van der Waals surface area (Å²) < 4.78 is 11.2. The maximum Gasteiger partial charge on any atom is 0.195 e. The summed E-state index contributed by atoms with van der Waals surface area (Å²) in [5.41, 5.74) is 0. The van der Waals surface area contributed by atoms with Crippen LogP contribution >= 0.6 is 0 Å². The molecule has 1 fully saturated rings. The predicted octanol–water partition coefficient (Wildman–Crippen LogP) is 2.75. The van der Waals surface area contributed by atoms with Gasteiger partial charge in [0, 0.05) is 0 Å². The molecule has 0 aromatic carbocycles. The summed E-state index contributed by atoms with van der Waals surface area (Å²) >= 11 is 0. The van der Waals surface area contributed by atoms with Gasteiger partial charge in [-0.05, 0) is 25.1 Å². The van der Waals surface area contributed by atoms with Crippen LogP contribution in [0.15, 0.2) is 0 Å². The van der Waals surface area contributed by atoms with Crippen molar-refractivity contribution in [3.63, 3.8) is 0 Å². The molecule has 0 bridgehead atoms. The van der Waals surface area contributed by atoms with E-state index in [0.29, 0.717) is 11.1 Å². The van der Waals surface area contributed by atoms with E-state index in [-0.39, 0.29) is 6.29 Å². The van der Waals surface area contributed by atoms with Crippen LogP contribution in [0.1, 0.15) is 27.7 Å². The third-order valence-corrected chi connectivity index (χ3v) is 7.31. The van der Waals surface area contributed by atoms with Crippen molar-refractivity contribution in [3.8, 4) is 0 Å². The fourth-order valence-corrected chi connectivity index (χ4v) is 1.94. The van der Waals surface area contributed by atoms with Gasteiger partial charge in [0.25, 0.3) is 0 Å². The molecule has 2 nitrogen and oxygen atoms in total. The average molecular weight is 188 g/mol. The molecule has 0 radical (unpaired) electrons. The zero-order valence-corrected chi connectivity index (χ0v) is 9.97. The molecule has 2 atom stereocenters. The molecule has 1 aliphatic heterocycles. The third-order valence-electron chi connectivity index (χ3n) is 2.87. The van der Waals surface area contributed by atoms with E-state index in [1.165, 1.54) is 0 Å². The van der Waals surface area contributed by atoms with E-state index in [1.54, 1.807) is 0 Å². The molecule has 12 heavy (non-hydrogen) atoms. The van der Waals surface area contributed by atoms with E-state index in [2.05, 4.69) is 40.8 Å². The Morgan fingerprint density at radius 3 is 1.92 bits per heavy atom. The van der Waals surface area contributed by atoms with E-state index in [4.69, 9.17) is 9.16 Å². The second-order valence-corrected chi connectivity index (χ2v) is 9.84. The standard InChI is InChI=1S/C9H20O2Si/c1-7-8(10-7)11-12(5,6)9(2,3)4/h7-8H,1-6H3. The van der Waals surface area contributed by atoms with Crippen molar-refractivity contribution in [2.45, 2.75) is 58.2 Å². The lowest BCUT2D eigenvalue weighted by atomic mass is 10.2. The Morgan fingerprint density at radius 2 is 1.67 bits per heavy atom. The third kappa shape index (κ3) is 2.09. The molecule has 2 unspecified atom stereocenters. The lowest BCUT2D eigenvalue weighted by molar-refractivity contribution is 0.162. The van der Waals surface area contributed by atoms with Crippen LogP contribution in [0.25, 0.3) is 0 Å². The SMILES string of the molecule is CC1OC1O[Si](C)(C)C(C)(C)C. The largest absolute Gasteiger partial charge is 0.390 e. The Morgan fingerprint density at radius 1 is 1.25 bits per heavy atom. The van der Waals surface area contributed by atoms with Gasteiger partial charge >= 0.3 is 0 Å². The van der Waals surface area contributed by atoms with E-state index < -0.39 is 8.32 Å². The van der Waals surface area contributed by atoms with Gasteiger partial charge in [0.2, 0.25) is 0 Å². The van der Waals surface area contributed by atoms with Crippen molar-refractivity contribution in [3.05, 3.63) is 0 Å². The van der Waals surface area contributed by atoms with Gasteiger partial charge in [-0.15, -0.1) is 0 Å². The summed E-state index contributed by atoms with van der Waals surface area (Å²) in [6.45, 7) is 13.3. The van der Waals surface area contributed by atoms with Crippen molar-refractivity contribution < 1.29 is 9.16 Å². The average Bonchev–Trinajstić information content (AvgIpc) is 2.41. The number of epoxide rings is 1. The van der Waals surface area contributed by atoms with Crippen molar-refractivity contribution in [2.75, 3.05) is 0 Å². The molecule has 1 saturated heterocycles. The first-order valence-corrected chi connectivity index (χ1v) is 7.48. The molecular formula is C9H20O2Si. The maximum atomic E-state index is 5.94. The zero-order chi connectivity index (χ0) is 9.57. The smallest absolute Gasteiger partial charge is 0.195 e. The second-order valence-electron chi connectivity index (χ2n) is 5.09. The van der Waals surface area contributed by atoms with Crippen LogP contribution in [0.3, 0.4) is 0 Å². The van der Waals surface area contributed by atoms with Gasteiger partial charge in [0.05, 0.1) is 0 Å². The summed E-state index contributed by atoms with van der Waals surface area (Å²) in [6.07, 6.45) is 0.407. The zero-order valence-electron chi connectivity index (χ0n) is 8.97. The molecule has 0 aliphatic carbocycles. The van der Waals surface area contributed by atoms with Crippen LogP contribution in [0.5, 0.6) is 0 Å². The van der Waals surface area contributed by atoms with Gasteiger partial charge in [-0.1, -0.05) is 20.8 Å². The molecule has 0 saturated carbocycles. The molecule has 1 rings (SSSR count). The molecule has 1 aliphatic rings. The van der Waals surface area contributed by atoms with Crippen LogP contribution in [-0.4, -0.2) is 20.7 Å². The van der Waals surface area contributed by atoms with Crippen molar-refractivity contribution in [1.29, 1.82) is 0 Å². The molecule has 0 aromatic heterocycles. The molecule has 3 heteroatoms. The monoisotopic (exact) mass is 188 g/mol. The topological polar surface area (TPSA) is 21.8 Å². The van der Waals surface area contributed by atoms with E-state index in [0.717, 1.165) is 0 Å². The Hall–Kier alpha value is 0.137. The fourth-order valence-electron chi connectivity index (χ4n) is 0.757. The molecule has 0 N–H and O–H groups in total. The number of ether oxygens (including phenoxy) is 1. The van der Waals surface area contributed by atoms with Gasteiger partial charge in [0.1, 0.15) is 6.10 Å². The summed E-state index contributed by atoms with van der Waals surface area (Å²) in [6, 6.07) is 0. The van der Waals surface area contributed by atoms with Crippen molar-refractivity contribution in [1.82, 2.24) is 0 Å². The first-order valence-electron chi connectivity index (χ1n) is 4.57.